The first kappa shape index (κ1) is 15.3. The van der Waals surface area contributed by atoms with Crippen molar-refractivity contribution in [2.45, 2.75) is 19.9 Å². The van der Waals surface area contributed by atoms with Crippen LogP contribution in [0.2, 0.25) is 5.02 Å². The SMILES string of the molecule is CCN1CCN([C@H](C)C(=O)Nc2ccc(Cl)cc2)CC1. The average Bonchev–Trinajstić information content (AvgIpc) is 2.49. The average molecular weight is 296 g/mol. The molecule has 1 atom stereocenters. The van der Waals surface area contributed by atoms with Crippen LogP contribution in [0.4, 0.5) is 5.69 Å². The van der Waals surface area contributed by atoms with E-state index in [0.717, 1.165) is 38.4 Å². The van der Waals surface area contributed by atoms with Gasteiger partial charge in [0.25, 0.3) is 0 Å². The number of carbonyl (C=O) groups excluding carboxylic acids is 1. The Kier molecular flexibility index (Phi) is 5.40. The minimum atomic E-state index is -0.107. The lowest BCUT2D eigenvalue weighted by Crippen LogP contribution is -2.52. The highest BCUT2D eigenvalue weighted by atomic mass is 35.5. The van der Waals surface area contributed by atoms with Gasteiger partial charge in [-0.15, -0.1) is 0 Å². The Morgan fingerprint density at radius 2 is 1.85 bits per heavy atom. The molecule has 0 bridgehead atoms. The number of hydrogen-bond donors (Lipinski definition) is 1. The summed E-state index contributed by atoms with van der Waals surface area (Å²) in [5.41, 5.74) is 0.790. The van der Waals surface area contributed by atoms with E-state index in [-0.39, 0.29) is 11.9 Å². The summed E-state index contributed by atoms with van der Waals surface area (Å²) >= 11 is 5.83. The lowest BCUT2D eigenvalue weighted by molar-refractivity contribution is -0.121. The highest BCUT2D eigenvalue weighted by Gasteiger charge is 2.24. The summed E-state index contributed by atoms with van der Waals surface area (Å²) in [6.45, 7) is 9.19. The van der Waals surface area contributed by atoms with Crippen LogP contribution in [0, 0.1) is 0 Å². The quantitative estimate of drug-likeness (QED) is 0.926. The van der Waals surface area contributed by atoms with Gasteiger partial charge in [0, 0.05) is 36.9 Å². The standard InChI is InChI=1S/C15H22ClN3O/c1-3-18-8-10-19(11-9-18)12(2)15(20)17-14-6-4-13(16)5-7-14/h4-7,12H,3,8-11H2,1-2H3,(H,17,20)/t12-/m1/s1. The van der Waals surface area contributed by atoms with Crippen molar-refractivity contribution in [3.8, 4) is 0 Å². The fraction of sp³-hybridized carbons (Fsp3) is 0.533. The van der Waals surface area contributed by atoms with Gasteiger partial charge in [0.2, 0.25) is 5.91 Å². The second-order valence-corrected chi connectivity index (χ2v) is 5.58. The van der Waals surface area contributed by atoms with Gasteiger partial charge in [0.05, 0.1) is 6.04 Å². The minimum absolute atomic E-state index is 0.0391. The largest absolute Gasteiger partial charge is 0.325 e. The highest BCUT2D eigenvalue weighted by Crippen LogP contribution is 2.14. The molecule has 5 heteroatoms. The maximum atomic E-state index is 12.2. The third-order valence-electron chi connectivity index (χ3n) is 3.89. The molecule has 1 N–H and O–H groups in total. The molecule has 0 aromatic heterocycles. The molecule has 0 spiro atoms. The third kappa shape index (κ3) is 3.95. The molecule has 4 nitrogen and oxygen atoms in total. The number of nitrogens with zero attached hydrogens (tertiary/aromatic N) is 2. The van der Waals surface area contributed by atoms with Crippen molar-refractivity contribution in [1.82, 2.24) is 9.80 Å². The normalized spacial score (nSPS) is 18.8. The first-order chi connectivity index (χ1) is 9.60. The molecule has 110 valence electrons. The van der Waals surface area contributed by atoms with Crippen molar-refractivity contribution in [2.24, 2.45) is 0 Å². The zero-order valence-electron chi connectivity index (χ0n) is 12.1. The smallest absolute Gasteiger partial charge is 0.241 e. The van der Waals surface area contributed by atoms with E-state index in [1.165, 1.54) is 0 Å². The number of anilines is 1. The van der Waals surface area contributed by atoms with Gasteiger partial charge in [-0.25, -0.2) is 0 Å². The van der Waals surface area contributed by atoms with Gasteiger partial charge in [-0.1, -0.05) is 18.5 Å². The number of benzene rings is 1. The molecule has 0 aliphatic carbocycles. The van der Waals surface area contributed by atoms with Crippen molar-refractivity contribution in [3.63, 3.8) is 0 Å². The number of amides is 1. The molecule has 1 aromatic rings. The molecule has 1 aliphatic heterocycles. The molecule has 1 amide bonds. The van der Waals surface area contributed by atoms with Crippen LogP contribution in [0.15, 0.2) is 24.3 Å². The summed E-state index contributed by atoms with van der Waals surface area (Å²) in [5, 5.41) is 3.61. The van der Waals surface area contributed by atoms with Gasteiger partial charge in [-0.3, -0.25) is 9.69 Å². The Bertz CT molecular complexity index is 441. The van der Waals surface area contributed by atoms with Crippen LogP contribution < -0.4 is 5.32 Å². The van der Waals surface area contributed by atoms with Gasteiger partial charge >= 0.3 is 0 Å². The molecule has 0 radical (unpaired) electrons. The second-order valence-electron chi connectivity index (χ2n) is 5.14. The van der Waals surface area contributed by atoms with Gasteiger partial charge in [-0.2, -0.15) is 0 Å². The predicted octanol–water partition coefficient (Wildman–Crippen LogP) is 2.30. The van der Waals surface area contributed by atoms with E-state index >= 15 is 0 Å². The molecule has 2 rings (SSSR count). The van der Waals surface area contributed by atoms with Crippen LogP contribution in [0.5, 0.6) is 0 Å². The Labute approximate surface area is 125 Å². The summed E-state index contributed by atoms with van der Waals surface area (Å²) in [6.07, 6.45) is 0. The van der Waals surface area contributed by atoms with Crippen molar-refractivity contribution in [1.29, 1.82) is 0 Å². The fourth-order valence-corrected chi connectivity index (χ4v) is 2.54. The van der Waals surface area contributed by atoms with E-state index < -0.39 is 0 Å². The number of hydrogen-bond acceptors (Lipinski definition) is 3. The van der Waals surface area contributed by atoms with Crippen LogP contribution >= 0.6 is 11.6 Å². The van der Waals surface area contributed by atoms with E-state index in [9.17, 15) is 4.79 Å². The highest BCUT2D eigenvalue weighted by molar-refractivity contribution is 6.30. The summed E-state index contributed by atoms with van der Waals surface area (Å²) in [4.78, 5) is 16.9. The zero-order chi connectivity index (χ0) is 14.5. The fourth-order valence-electron chi connectivity index (χ4n) is 2.41. The Morgan fingerprint density at radius 1 is 1.25 bits per heavy atom. The summed E-state index contributed by atoms with van der Waals surface area (Å²) in [5.74, 6) is 0.0391. The molecule has 0 saturated carbocycles. The molecule has 1 aliphatic rings. The molecule has 20 heavy (non-hydrogen) atoms. The van der Waals surface area contributed by atoms with Crippen LogP contribution in [-0.2, 0) is 4.79 Å². The van der Waals surface area contributed by atoms with Crippen LogP contribution in [0.25, 0.3) is 0 Å². The van der Waals surface area contributed by atoms with Crippen LogP contribution in [0.1, 0.15) is 13.8 Å². The molecular weight excluding hydrogens is 274 g/mol. The van der Waals surface area contributed by atoms with Crippen LogP contribution in [-0.4, -0.2) is 54.5 Å². The van der Waals surface area contributed by atoms with Crippen molar-refractivity contribution < 1.29 is 4.79 Å². The summed E-state index contributed by atoms with van der Waals surface area (Å²) < 4.78 is 0. The molecule has 1 saturated heterocycles. The molecular formula is C15H22ClN3O. The zero-order valence-corrected chi connectivity index (χ0v) is 12.9. The number of halogens is 1. The Hall–Kier alpha value is -1.10. The Balaban J connectivity index is 1.87. The van der Waals surface area contributed by atoms with Crippen molar-refractivity contribution in [3.05, 3.63) is 29.3 Å². The predicted molar refractivity (Wildman–Crippen MR) is 83.2 cm³/mol. The van der Waals surface area contributed by atoms with Gasteiger partial charge in [0.15, 0.2) is 0 Å². The summed E-state index contributed by atoms with van der Waals surface area (Å²) in [7, 11) is 0. The van der Waals surface area contributed by atoms with Crippen molar-refractivity contribution >= 4 is 23.2 Å². The van der Waals surface area contributed by atoms with Gasteiger partial charge in [0.1, 0.15) is 0 Å². The summed E-state index contributed by atoms with van der Waals surface area (Å²) in [6, 6.07) is 7.10. The van der Waals surface area contributed by atoms with E-state index in [1.807, 2.05) is 19.1 Å². The molecule has 1 heterocycles. The maximum Gasteiger partial charge on any atom is 0.241 e. The third-order valence-corrected chi connectivity index (χ3v) is 4.14. The topological polar surface area (TPSA) is 35.6 Å². The monoisotopic (exact) mass is 295 g/mol. The molecule has 0 unspecified atom stereocenters. The number of likely N-dealkylation sites (N-methyl/N-ethyl adjacent to an activating group) is 1. The number of rotatable bonds is 4. The number of carbonyl (C=O) groups is 1. The second kappa shape index (κ2) is 7.07. The number of nitrogens with one attached hydrogen (secondary N) is 1. The molecule has 1 fully saturated rings. The first-order valence-electron chi connectivity index (χ1n) is 7.13. The van der Waals surface area contributed by atoms with Crippen molar-refractivity contribution in [2.75, 3.05) is 38.0 Å². The van der Waals surface area contributed by atoms with E-state index in [1.54, 1.807) is 12.1 Å². The maximum absolute atomic E-state index is 12.2. The lowest BCUT2D eigenvalue weighted by atomic mass is 10.2. The van der Waals surface area contributed by atoms with Crippen LogP contribution in [0.3, 0.4) is 0 Å². The number of piperazine rings is 1. The van der Waals surface area contributed by atoms with E-state index in [4.69, 9.17) is 11.6 Å². The van der Waals surface area contributed by atoms with Gasteiger partial charge in [-0.05, 0) is 37.7 Å². The lowest BCUT2D eigenvalue weighted by Gasteiger charge is -2.36. The Morgan fingerprint density at radius 3 is 2.40 bits per heavy atom. The molecule has 1 aromatic carbocycles. The van der Waals surface area contributed by atoms with E-state index in [2.05, 4.69) is 22.0 Å². The first-order valence-corrected chi connectivity index (χ1v) is 7.50. The van der Waals surface area contributed by atoms with E-state index in [0.29, 0.717) is 5.02 Å². The van der Waals surface area contributed by atoms with Gasteiger partial charge < -0.3 is 10.2 Å². The minimum Gasteiger partial charge on any atom is -0.325 e.